The Kier molecular flexibility index (Phi) is 17.4. The van der Waals surface area contributed by atoms with E-state index in [1.54, 1.807) is 24.3 Å². The summed E-state index contributed by atoms with van der Waals surface area (Å²) in [6, 6.07) is 33.1. The molecule has 1 aliphatic heterocycles. The maximum absolute atomic E-state index is 15.1. The number of rotatable bonds is 19. The Morgan fingerprint density at radius 2 is 1.18 bits per heavy atom. The van der Waals surface area contributed by atoms with Crippen LogP contribution in [-0.2, 0) is 44.6 Å². The quantitative estimate of drug-likeness (QED) is 0.0454. The first-order valence-electron chi connectivity index (χ1n) is 25.5. The van der Waals surface area contributed by atoms with Gasteiger partial charge < -0.3 is 45.1 Å². The van der Waals surface area contributed by atoms with Gasteiger partial charge in [0, 0.05) is 37.0 Å². The fourth-order valence-electron chi connectivity index (χ4n) is 10.8. The topological polar surface area (TPSA) is 210 Å². The average Bonchev–Trinajstić information content (AvgIpc) is 4.05. The molecule has 20 heteroatoms. The number of ether oxygens (including phenoxy) is 3. The van der Waals surface area contributed by atoms with E-state index in [4.69, 9.17) is 25.8 Å². The highest BCUT2D eigenvalue weighted by atomic mass is 35.5. The minimum Gasteiger partial charge on any atom is -0.481 e. The number of carbonyl (C=O) groups is 7. The molecular formula is C58H59ClF3N5O11. The van der Waals surface area contributed by atoms with Crippen molar-refractivity contribution in [2.75, 3.05) is 40.0 Å². The fraction of sp³-hybridized carbons (Fsp3) is 0.362. The van der Waals surface area contributed by atoms with E-state index in [9.17, 15) is 47.0 Å². The summed E-state index contributed by atoms with van der Waals surface area (Å²) >= 11 is 6.21. The Morgan fingerprint density at radius 1 is 0.705 bits per heavy atom. The molecule has 5 aromatic rings. The third-order valence-corrected chi connectivity index (χ3v) is 15.0. The first-order valence-corrected chi connectivity index (χ1v) is 25.9. The number of aliphatic carboxylic acids is 1. The number of fused-ring (bicyclic) bond motifs is 6. The molecule has 1 fully saturated rings. The van der Waals surface area contributed by atoms with Crippen LogP contribution in [0.1, 0.15) is 79.2 Å². The smallest absolute Gasteiger partial charge is 0.407 e. The summed E-state index contributed by atoms with van der Waals surface area (Å²) in [4.78, 5) is 97.4. The molecule has 0 bridgehead atoms. The maximum atomic E-state index is 15.1. The number of alkyl carbamates (subject to hydrolysis) is 2. The Labute approximate surface area is 453 Å². The van der Waals surface area contributed by atoms with Gasteiger partial charge in [0.05, 0.1) is 24.3 Å². The molecule has 0 unspecified atom stereocenters. The van der Waals surface area contributed by atoms with Crippen LogP contribution in [0.5, 0.6) is 0 Å². The lowest BCUT2D eigenvalue weighted by Crippen LogP contribution is -2.65. The summed E-state index contributed by atoms with van der Waals surface area (Å²) in [5, 5.41) is 17.4. The number of halogens is 4. The zero-order valence-electron chi connectivity index (χ0n) is 43.0. The second-order valence-electron chi connectivity index (χ2n) is 20.0. The molecular weight excluding hydrogens is 1040 g/mol. The first kappa shape index (κ1) is 56.3. The number of piperidine rings is 1. The number of likely N-dealkylation sites (tertiary alicyclic amines) is 1. The number of carbonyl (C=O) groups excluding carboxylic acids is 6. The van der Waals surface area contributed by atoms with Gasteiger partial charge in [-0.2, -0.15) is 13.2 Å². The van der Waals surface area contributed by atoms with Crippen LogP contribution in [0.4, 0.5) is 22.8 Å². The molecule has 16 nitrogen and oxygen atoms in total. The number of esters is 1. The second-order valence-corrected chi connectivity index (χ2v) is 20.4. The predicted molar refractivity (Wildman–Crippen MR) is 281 cm³/mol. The van der Waals surface area contributed by atoms with Crippen LogP contribution in [0.15, 0.2) is 121 Å². The SMILES string of the molecule is C[C@H](NC(=O)OCC1c2ccccc2-c2ccccc21)C(=O)N[C@@H](COC(=O)[C@H](C)NC(=O)OCC1c2ccccc2-c2ccccc21)C(=O)N(C)[C@@]1(Cc2ccc(Cl)cc2)CCCN(C(=O)[C@@H](CC(=O)O)CC(F)(F)F)C1. The van der Waals surface area contributed by atoms with E-state index in [0.29, 0.717) is 10.6 Å². The van der Waals surface area contributed by atoms with Crippen LogP contribution in [0.2, 0.25) is 5.02 Å². The number of nitrogens with zero attached hydrogens (tertiary/aromatic N) is 2. The van der Waals surface area contributed by atoms with Crippen molar-refractivity contribution in [3.63, 3.8) is 0 Å². The van der Waals surface area contributed by atoms with Crippen molar-refractivity contribution in [2.24, 2.45) is 5.92 Å². The fourth-order valence-corrected chi connectivity index (χ4v) is 10.9. The predicted octanol–water partition coefficient (Wildman–Crippen LogP) is 8.63. The molecule has 5 atom stereocenters. The lowest BCUT2D eigenvalue weighted by molar-refractivity contribution is -0.166. The molecule has 3 aliphatic rings. The average molecular weight is 1090 g/mol. The standard InChI is InChI=1S/C58H59ClF3N5O11/c1-34(63-55(74)77-30-47-43-17-8-4-13-39(43)40-14-5-9-18-44(40)47)51(70)65-49(32-76-54(73)35(2)64-56(75)78-31-48-45-19-10-6-15-41(45)42-16-7-11-20-46(42)48)53(72)66(3)57(28-36-21-23-38(59)24-22-36)25-12-26-67(33-57)52(71)37(27-50(68)69)29-58(60,61)62/h4-11,13-24,34-35,37,47-49H,12,25-33H2,1-3H3,(H,63,74)(H,64,75)(H,65,70)(H,68,69)/t34-,35-,37-,49-,57+/m0/s1. The van der Waals surface area contributed by atoms with Gasteiger partial charge in [0.25, 0.3) is 0 Å². The lowest BCUT2D eigenvalue weighted by atomic mass is 9.80. The Morgan fingerprint density at radius 3 is 1.65 bits per heavy atom. The number of benzene rings is 5. The first-order chi connectivity index (χ1) is 37.2. The molecule has 410 valence electrons. The molecule has 0 spiro atoms. The summed E-state index contributed by atoms with van der Waals surface area (Å²) in [7, 11) is 1.37. The Balaban J connectivity index is 0.991. The van der Waals surface area contributed by atoms with Gasteiger partial charge in [-0.25, -0.2) is 14.4 Å². The number of alkyl halides is 3. The number of amides is 5. The summed E-state index contributed by atoms with van der Waals surface area (Å²) in [6.45, 7) is 1.32. The van der Waals surface area contributed by atoms with Crippen molar-refractivity contribution < 1.29 is 66.1 Å². The number of hydrogen-bond donors (Lipinski definition) is 4. The van der Waals surface area contributed by atoms with Crippen molar-refractivity contribution >= 4 is 53.4 Å². The highest BCUT2D eigenvalue weighted by Crippen LogP contribution is 2.46. The van der Waals surface area contributed by atoms with Crippen molar-refractivity contribution in [2.45, 2.75) is 87.6 Å². The van der Waals surface area contributed by atoms with E-state index in [1.807, 2.05) is 97.1 Å². The highest BCUT2D eigenvalue weighted by Gasteiger charge is 2.47. The van der Waals surface area contributed by atoms with Gasteiger partial charge in [0.15, 0.2) is 0 Å². The number of carboxylic acid groups (broad SMARTS) is 1. The van der Waals surface area contributed by atoms with Gasteiger partial charge in [-0.3, -0.25) is 19.2 Å². The molecule has 78 heavy (non-hydrogen) atoms. The molecule has 1 heterocycles. The van der Waals surface area contributed by atoms with Gasteiger partial charge in [-0.1, -0.05) is 121 Å². The molecule has 0 radical (unpaired) electrons. The van der Waals surface area contributed by atoms with Gasteiger partial charge in [0.2, 0.25) is 17.7 Å². The van der Waals surface area contributed by atoms with Crippen molar-refractivity contribution in [1.82, 2.24) is 25.8 Å². The zero-order chi connectivity index (χ0) is 55.9. The van der Waals surface area contributed by atoms with Crippen LogP contribution < -0.4 is 16.0 Å². The van der Waals surface area contributed by atoms with E-state index in [2.05, 4.69) is 16.0 Å². The van der Waals surface area contributed by atoms with Crippen molar-refractivity contribution in [3.8, 4) is 22.3 Å². The number of hydrogen-bond acceptors (Lipinski definition) is 10. The largest absolute Gasteiger partial charge is 0.481 e. The van der Waals surface area contributed by atoms with Crippen LogP contribution in [-0.4, -0.2) is 127 Å². The van der Waals surface area contributed by atoms with E-state index >= 15 is 4.79 Å². The molecule has 2 aliphatic carbocycles. The van der Waals surface area contributed by atoms with Crippen molar-refractivity contribution in [3.05, 3.63) is 154 Å². The third kappa shape index (κ3) is 13.1. The molecule has 1 saturated heterocycles. The summed E-state index contributed by atoms with van der Waals surface area (Å²) < 4.78 is 58.2. The Bertz CT molecular complexity index is 2980. The van der Waals surface area contributed by atoms with E-state index in [1.165, 1.54) is 25.8 Å². The molecule has 4 N–H and O–H groups in total. The maximum Gasteiger partial charge on any atom is 0.407 e. The van der Waals surface area contributed by atoms with Gasteiger partial charge in [-0.05, 0) is 95.3 Å². The van der Waals surface area contributed by atoms with Gasteiger partial charge >= 0.3 is 30.3 Å². The monoisotopic (exact) mass is 1090 g/mol. The van der Waals surface area contributed by atoms with E-state index in [-0.39, 0.29) is 57.4 Å². The van der Waals surface area contributed by atoms with Gasteiger partial charge in [0.1, 0.15) is 37.9 Å². The zero-order valence-corrected chi connectivity index (χ0v) is 43.8. The number of carboxylic acids is 1. The Hall–Kier alpha value is -7.93. The number of likely N-dealkylation sites (N-methyl/N-ethyl adjacent to an activating group) is 1. The van der Waals surface area contributed by atoms with E-state index < -0.39 is 97.1 Å². The van der Waals surface area contributed by atoms with Crippen LogP contribution in [0.25, 0.3) is 22.3 Å². The van der Waals surface area contributed by atoms with E-state index in [0.717, 1.165) is 49.4 Å². The minimum absolute atomic E-state index is 0.000343. The summed E-state index contributed by atoms with van der Waals surface area (Å²) in [5.74, 6) is -8.01. The summed E-state index contributed by atoms with van der Waals surface area (Å²) in [5.41, 5.74) is 7.08. The molecule has 0 saturated carbocycles. The highest BCUT2D eigenvalue weighted by molar-refractivity contribution is 6.30. The summed E-state index contributed by atoms with van der Waals surface area (Å²) in [6.07, 6.45) is -9.20. The minimum atomic E-state index is -4.87. The third-order valence-electron chi connectivity index (χ3n) is 14.7. The van der Waals surface area contributed by atoms with Gasteiger partial charge in [-0.15, -0.1) is 0 Å². The second kappa shape index (κ2) is 24.2. The lowest BCUT2D eigenvalue weighted by Gasteiger charge is -2.49. The number of nitrogens with one attached hydrogen (secondary N) is 3. The van der Waals surface area contributed by atoms with Crippen molar-refractivity contribution in [1.29, 1.82) is 0 Å². The molecule has 5 aromatic carbocycles. The molecule has 8 rings (SSSR count). The normalized spacial score (nSPS) is 17.1. The van der Waals surface area contributed by atoms with Crippen LogP contribution in [0.3, 0.4) is 0 Å². The molecule has 0 aromatic heterocycles. The molecule has 5 amide bonds. The van der Waals surface area contributed by atoms with Crippen LogP contribution >= 0.6 is 11.6 Å². The van der Waals surface area contributed by atoms with Crippen LogP contribution in [0, 0.1) is 5.92 Å².